The van der Waals surface area contributed by atoms with Crippen LogP contribution in [0.3, 0.4) is 0 Å². The van der Waals surface area contributed by atoms with E-state index in [9.17, 15) is 9.18 Å². The Morgan fingerprint density at radius 3 is 2.58 bits per heavy atom. The van der Waals surface area contributed by atoms with Gasteiger partial charge in [0, 0.05) is 26.0 Å². The number of nitrogens with zero attached hydrogens (tertiary/aromatic N) is 1. The Morgan fingerprint density at radius 1 is 1.21 bits per heavy atom. The smallest absolute Gasteiger partial charge is 0.224 e. The first-order chi connectivity index (χ1) is 9.13. The number of rotatable bonds is 5. The number of hydrogen-bond donors (Lipinski definition) is 1. The highest BCUT2D eigenvalue weighted by molar-refractivity contribution is 5.78. The molecule has 19 heavy (non-hydrogen) atoms. The third-order valence-electron chi connectivity index (χ3n) is 2.91. The van der Waals surface area contributed by atoms with Gasteiger partial charge in [-0.05, 0) is 35.7 Å². The molecule has 0 saturated carbocycles. The molecule has 100 valence electrons. The van der Waals surface area contributed by atoms with Crippen LogP contribution in [0.5, 0.6) is 0 Å². The quantitative estimate of drug-likeness (QED) is 0.877. The van der Waals surface area contributed by atoms with Crippen LogP contribution in [0.1, 0.15) is 11.1 Å². The van der Waals surface area contributed by atoms with Gasteiger partial charge in [-0.3, -0.25) is 4.79 Å². The summed E-state index contributed by atoms with van der Waals surface area (Å²) >= 11 is 0. The number of aromatic nitrogens is 1. The number of halogens is 1. The average molecular weight is 260 g/mol. The Hall–Kier alpha value is -2.10. The van der Waals surface area contributed by atoms with Gasteiger partial charge in [-0.25, -0.2) is 4.39 Å². The van der Waals surface area contributed by atoms with Gasteiger partial charge in [-0.1, -0.05) is 12.1 Å². The molecule has 0 unspecified atom stereocenters. The fourth-order valence-corrected chi connectivity index (χ4v) is 1.91. The molecule has 2 aromatic rings. The van der Waals surface area contributed by atoms with E-state index in [1.165, 1.54) is 12.1 Å². The summed E-state index contributed by atoms with van der Waals surface area (Å²) in [7, 11) is 1.93. The summed E-state index contributed by atoms with van der Waals surface area (Å²) in [6.07, 6.45) is 4.95. The molecule has 0 radical (unpaired) electrons. The van der Waals surface area contributed by atoms with E-state index in [1.54, 1.807) is 12.1 Å². The summed E-state index contributed by atoms with van der Waals surface area (Å²) in [5, 5.41) is 2.86. The van der Waals surface area contributed by atoms with E-state index in [-0.39, 0.29) is 11.7 Å². The van der Waals surface area contributed by atoms with E-state index in [4.69, 9.17) is 0 Å². The molecule has 1 heterocycles. The van der Waals surface area contributed by atoms with E-state index in [1.807, 2.05) is 30.1 Å². The van der Waals surface area contributed by atoms with Crippen molar-refractivity contribution in [2.45, 2.75) is 12.8 Å². The zero-order valence-corrected chi connectivity index (χ0v) is 10.9. The summed E-state index contributed by atoms with van der Waals surface area (Å²) in [4.78, 5) is 11.7. The molecular weight excluding hydrogens is 243 g/mol. The summed E-state index contributed by atoms with van der Waals surface area (Å²) in [6.45, 7) is 0.567. The molecule has 0 bridgehead atoms. The second kappa shape index (κ2) is 6.18. The maximum Gasteiger partial charge on any atom is 0.224 e. The summed E-state index contributed by atoms with van der Waals surface area (Å²) < 4.78 is 14.6. The second-order valence-electron chi connectivity index (χ2n) is 4.59. The van der Waals surface area contributed by atoms with Crippen LogP contribution in [0.25, 0.3) is 0 Å². The van der Waals surface area contributed by atoms with Crippen LogP contribution in [0.15, 0.2) is 42.7 Å². The second-order valence-corrected chi connectivity index (χ2v) is 4.59. The van der Waals surface area contributed by atoms with Crippen molar-refractivity contribution in [3.05, 3.63) is 59.7 Å². The highest BCUT2D eigenvalue weighted by atomic mass is 19.1. The van der Waals surface area contributed by atoms with Crippen LogP contribution in [-0.4, -0.2) is 17.0 Å². The largest absolute Gasteiger partial charge is 0.357 e. The number of hydrogen-bond acceptors (Lipinski definition) is 1. The van der Waals surface area contributed by atoms with Gasteiger partial charge >= 0.3 is 0 Å². The van der Waals surface area contributed by atoms with Crippen LogP contribution >= 0.6 is 0 Å². The minimum atomic E-state index is -0.239. The highest BCUT2D eigenvalue weighted by Crippen LogP contribution is 2.03. The number of carbonyl (C=O) groups excluding carboxylic acids is 1. The lowest BCUT2D eigenvalue weighted by Gasteiger charge is -2.04. The van der Waals surface area contributed by atoms with Crippen LogP contribution in [0, 0.1) is 5.82 Å². The Morgan fingerprint density at radius 2 is 1.95 bits per heavy atom. The number of benzene rings is 1. The topological polar surface area (TPSA) is 34.0 Å². The molecular formula is C15H17FN2O. The van der Waals surface area contributed by atoms with E-state index < -0.39 is 0 Å². The molecule has 4 heteroatoms. The van der Waals surface area contributed by atoms with E-state index >= 15 is 0 Å². The van der Waals surface area contributed by atoms with E-state index in [2.05, 4.69) is 5.32 Å². The normalized spacial score (nSPS) is 10.4. The molecule has 1 aromatic carbocycles. The minimum Gasteiger partial charge on any atom is -0.357 e. The van der Waals surface area contributed by atoms with Crippen LogP contribution < -0.4 is 5.32 Å². The molecule has 1 N–H and O–H groups in total. The molecule has 2 rings (SSSR count). The third-order valence-corrected chi connectivity index (χ3v) is 2.91. The highest BCUT2D eigenvalue weighted by Gasteiger charge is 2.03. The van der Waals surface area contributed by atoms with Crippen molar-refractivity contribution >= 4 is 5.91 Å². The molecule has 0 atom stereocenters. The molecule has 1 aromatic heterocycles. The van der Waals surface area contributed by atoms with Crippen molar-refractivity contribution in [1.29, 1.82) is 0 Å². The molecule has 1 amide bonds. The first kappa shape index (κ1) is 13.3. The monoisotopic (exact) mass is 260 g/mol. The average Bonchev–Trinajstić information content (AvgIpc) is 2.77. The molecule has 0 fully saturated rings. The van der Waals surface area contributed by atoms with Crippen molar-refractivity contribution in [1.82, 2.24) is 9.88 Å². The van der Waals surface area contributed by atoms with Crippen molar-refractivity contribution in [3.63, 3.8) is 0 Å². The first-order valence-electron chi connectivity index (χ1n) is 6.25. The minimum absolute atomic E-state index is 0.00770. The standard InChI is InChI=1S/C15H17FN2O/c1-18-9-7-13(11-18)10-15(19)17-8-6-12-2-4-14(16)5-3-12/h2-5,7,9,11H,6,8,10H2,1H3,(H,17,19). The van der Waals surface area contributed by atoms with Gasteiger partial charge in [0.15, 0.2) is 0 Å². The Balaban J connectivity index is 1.73. The first-order valence-corrected chi connectivity index (χ1v) is 6.25. The van der Waals surface area contributed by atoms with Crippen LogP contribution in [0.2, 0.25) is 0 Å². The Labute approximate surface area is 112 Å². The SMILES string of the molecule is Cn1ccc(CC(=O)NCCc2ccc(F)cc2)c1. The number of carbonyl (C=O) groups is 1. The molecule has 0 saturated heterocycles. The van der Waals surface area contributed by atoms with Gasteiger partial charge in [0.2, 0.25) is 5.91 Å². The van der Waals surface area contributed by atoms with Crippen molar-refractivity contribution in [2.24, 2.45) is 7.05 Å². The lowest BCUT2D eigenvalue weighted by Crippen LogP contribution is -2.27. The molecule has 0 aliphatic carbocycles. The molecule has 0 aliphatic rings. The van der Waals surface area contributed by atoms with Gasteiger partial charge in [0.05, 0.1) is 6.42 Å². The van der Waals surface area contributed by atoms with Gasteiger partial charge in [-0.2, -0.15) is 0 Å². The van der Waals surface area contributed by atoms with E-state index in [0.29, 0.717) is 19.4 Å². The molecule has 0 aliphatic heterocycles. The number of aryl methyl sites for hydroxylation is 1. The molecule has 0 spiro atoms. The predicted octanol–water partition coefficient (Wildman–Crippen LogP) is 2.07. The predicted molar refractivity (Wildman–Crippen MR) is 72.2 cm³/mol. The zero-order chi connectivity index (χ0) is 13.7. The van der Waals surface area contributed by atoms with Gasteiger partial charge in [0.25, 0.3) is 0 Å². The van der Waals surface area contributed by atoms with Crippen molar-refractivity contribution in [3.8, 4) is 0 Å². The third kappa shape index (κ3) is 4.25. The van der Waals surface area contributed by atoms with E-state index in [0.717, 1.165) is 11.1 Å². The lowest BCUT2D eigenvalue weighted by atomic mass is 10.1. The zero-order valence-electron chi connectivity index (χ0n) is 10.9. The maximum atomic E-state index is 12.7. The fraction of sp³-hybridized carbons (Fsp3) is 0.267. The van der Waals surface area contributed by atoms with Crippen LogP contribution in [-0.2, 0) is 24.7 Å². The molecule has 3 nitrogen and oxygen atoms in total. The number of nitrogens with one attached hydrogen (secondary N) is 1. The summed E-state index contributed by atoms with van der Waals surface area (Å²) in [5.41, 5.74) is 2.02. The van der Waals surface area contributed by atoms with Gasteiger partial charge in [0.1, 0.15) is 5.82 Å². The van der Waals surface area contributed by atoms with Crippen molar-refractivity contribution in [2.75, 3.05) is 6.54 Å². The van der Waals surface area contributed by atoms with Crippen LogP contribution in [0.4, 0.5) is 4.39 Å². The summed E-state index contributed by atoms with van der Waals surface area (Å²) in [6, 6.07) is 8.26. The maximum absolute atomic E-state index is 12.7. The Bertz CT molecular complexity index is 546. The summed E-state index contributed by atoms with van der Waals surface area (Å²) in [5.74, 6) is -0.231. The lowest BCUT2D eigenvalue weighted by molar-refractivity contribution is -0.120. The van der Waals surface area contributed by atoms with Crippen molar-refractivity contribution < 1.29 is 9.18 Å². The van der Waals surface area contributed by atoms with Gasteiger partial charge in [-0.15, -0.1) is 0 Å². The van der Waals surface area contributed by atoms with Gasteiger partial charge < -0.3 is 9.88 Å². The number of amides is 1. The fourth-order valence-electron chi connectivity index (χ4n) is 1.91. The Kier molecular flexibility index (Phi) is 4.34.